The Kier molecular flexibility index (Phi) is 8.24. The maximum absolute atomic E-state index is 13.8. The zero-order valence-corrected chi connectivity index (χ0v) is 24.0. The normalized spacial score (nSPS) is 14.9. The fraction of sp³-hybridized carbons (Fsp3) is 0.375. The largest absolute Gasteiger partial charge is 0.367 e. The summed E-state index contributed by atoms with van der Waals surface area (Å²) in [5, 5.41) is 5.26. The van der Waals surface area contributed by atoms with E-state index in [-0.39, 0.29) is 11.8 Å². The lowest BCUT2D eigenvalue weighted by Crippen LogP contribution is -2.51. The van der Waals surface area contributed by atoms with E-state index in [9.17, 15) is 4.79 Å². The van der Waals surface area contributed by atoms with Gasteiger partial charge >= 0.3 is 0 Å². The number of piperazine rings is 1. The van der Waals surface area contributed by atoms with Gasteiger partial charge in [0.05, 0.1) is 11.6 Å². The molecule has 2 N–H and O–H groups in total. The summed E-state index contributed by atoms with van der Waals surface area (Å²) in [6.45, 7) is 12.1. The molecule has 0 radical (unpaired) electrons. The van der Waals surface area contributed by atoms with Gasteiger partial charge in [-0.05, 0) is 40.8 Å². The lowest BCUT2D eigenvalue weighted by Gasteiger charge is -2.39. The van der Waals surface area contributed by atoms with Crippen molar-refractivity contribution in [2.45, 2.75) is 45.6 Å². The number of amides is 1. The molecule has 1 saturated heterocycles. The Labute approximate surface area is 236 Å². The zero-order chi connectivity index (χ0) is 27.5. The van der Waals surface area contributed by atoms with Crippen molar-refractivity contribution in [3.63, 3.8) is 0 Å². The van der Waals surface area contributed by atoms with Gasteiger partial charge in [-0.3, -0.25) is 4.79 Å². The highest BCUT2D eigenvalue weighted by atomic mass is 35.5. The van der Waals surface area contributed by atoms with Crippen LogP contribution in [0.5, 0.6) is 0 Å². The Hall–Kier alpha value is -3.35. The van der Waals surface area contributed by atoms with E-state index in [0.717, 1.165) is 35.2 Å². The zero-order valence-electron chi connectivity index (χ0n) is 23.2. The number of anilines is 1. The Bertz CT molecular complexity index is 1420. The summed E-state index contributed by atoms with van der Waals surface area (Å²) < 4.78 is 0. The number of hydrogen-bond acceptors (Lipinski definition) is 4. The lowest BCUT2D eigenvalue weighted by molar-refractivity contribution is -0.133. The summed E-state index contributed by atoms with van der Waals surface area (Å²) >= 11 is 6.14. The van der Waals surface area contributed by atoms with Gasteiger partial charge in [-0.1, -0.05) is 75.7 Å². The highest BCUT2D eigenvalue weighted by molar-refractivity contribution is 6.30. The molecule has 1 aliphatic heterocycles. The van der Waals surface area contributed by atoms with Crippen LogP contribution < -0.4 is 10.2 Å². The van der Waals surface area contributed by atoms with E-state index in [1.807, 2.05) is 41.6 Å². The van der Waals surface area contributed by atoms with Crippen LogP contribution in [-0.4, -0.2) is 59.5 Å². The van der Waals surface area contributed by atoms with Crippen LogP contribution in [0.2, 0.25) is 5.02 Å². The third-order valence-electron chi connectivity index (χ3n) is 7.63. The maximum Gasteiger partial charge on any atom is 0.231 e. The Morgan fingerprint density at radius 3 is 2.44 bits per heavy atom. The van der Waals surface area contributed by atoms with Gasteiger partial charge in [0.15, 0.2) is 0 Å². The Morgan fingerprint density at radius 2 is 1.74 bits per heavy atom. The van der Waals surface area contributed by atoms with Crippen LogP contribution in [0.15, 0.2) is 67.0 Å². The van der Waals surface area contributed by atoms with Gasteiger partial charge in [-0.25, -0.2) is 4.98 Å². The molecule has 2 aromatic heterocycles. The van der Waals surface area contributed by atoms with Crippen LogP contribution in [0.25, 0.3) is 22.2 Å². The molecule has 39 heavy (non-hydrogen) atoms. The van der Waals surface area contributed by atoms with Crippen molar-refractivity contribution in [1.82, 2.24) is 20.2 Å². The second-order valence-electron chi connectivity index (χ2n) is 11.0. The summed E-state index contributed by atoms with van der Waals surface area (Å²) in [6.07, 6.45) is 3.94. The monoisotopic (exact) mass is 543 g/mol. The van der Waals surface area contributed by atoms with Crippen LogP contribution in [0.1, 0.15) is 50.7 Å². The predicted octanol–water partition coefficient (Wildman–Crippen LogP) is 6.44. The van der Waals surface area contributed by atoms with Crippen LogP contribution in [0.4, 0.5) is 5.69 Å². The number of nitrogens with one attached hydrogen (secondary N) is 2. The first-order valence-corrected chi connectivity index (χ1v) is 14.3. The number of benzene rings is 2. The Balaban J connectivity index is 1.40. The molecule has 4 aromatic rings. The first-order chi connectivity index (χ1) is 18.8. The highest BCUT2D eigenvalue weighted by Crippen LogP contribution is 2.38. The van der Waals surface area contributed by atoms with E-state index in [1.165, 1.54) is 16.8 Å². The number of fused-ring (bicyclic) bond motifs is 1. The van der Waals surface area contributed by atoms with E-state index in [1.54, 1.807) is 0 Å². The number of halogens is 1. The number of aromatic amines is 1. The fourth-order valence-electron chi connectivity index (χ4n) is 5.38. The number of rotatable bonds is 8. The van der Waals surface area contributed by atoms with E-state index < -0.39 is 0 Å². The molecule has 3 heterocycles. The molecule has 2 aromatic carbocycles. The Morgan fingerprint density at radius 1 is 1.00 bits per heavy atom. The molecule has 7 heteroatoms. The molecule has 5 rings (SSSR count). The quantitative estimate of drug-likeness (QED) is 0.268. The van der Waals surface area contributed by atoms with Crippen LogP contribution >= 0.6 is 11.6 Å². The van der Waals surface area contributed by atoms with Gasteiger partial charge < -0.3 is 20.1 Å². The number of nitrogens with zero attached hydrogens (tertiary/aromatic N) is 3. The number of carbonyl (C=O) groups excluding carboxylic acids is 1. The maximum atomic E-state index is 13.8. The summed E-state index contributed by atoms with van der Waals surface area (Å²) in [6, 6.07) is 18.9. The molecule has 0 saturated carbocycles. The van der Waals surface area contributed by atoms with E-state index in [2.05, 4.69) is 73.2 Å². The van der Waals surface area contributed by atoms with Crippen LogP contribution in [0, 0.1) is 0 Å². The molecular weight excluding hydrogens is 506 g/mol. The summed E-state index contributed by atoms with van der Waals surface area (Å²) in [5.41, 5.74) is 6.68. The minimum Gasteiger partial charge on any atom is -0.367 e. The number of pyridine rings is 1. The summed E-state index contributed by atoms with van der Waals surface area (Å²) in [4.78, 5) is 26.3. The molecular formula is C32H38ClN5O. The average Bonchev–Trinajstić information content (AvgIpc) is 3.42. The molecule has 0 aliphatic carbocycles. The van der Waals surface area contributed by atoms with Crippen molar-refractivity contribution in [3.8, 4) is 11.1 Å². The van der Waals surface area contributed by atoms with E-state index in [0.29, 0.717) is 36.6 Å². The SMILES string of the molecule is CC(C)NCC(C(=O)N1CCN(c2c(-c3cccc(C(C)C)c3)cnc3[nH]ccc23)CC1)c1ccc(Cl)cc1. The van der Waals surface area contributed by atoms with Gasteiger partial charge in [0.1, 0.15) is 5.65 Å². The average molecular weight is 544 g/mol. The molecule has 0 spiro atoms. The fourth-order valence-corrected chi connectivity index (χ4v) is 5.50. The predicted molar refractivity (Wildman–Crippen MR) is 162 cm³/mol. The number of carbonyl (C=O) groups is 1. The summed E-state index contributed by atoms with van der Waals surface area (Å²) in [5.74, 6) is 0.366. The highest BCUT2D eigenvalue weighted by Gasteiger charge is 2.30. The van der Waals surface area contributed by atoms with E-state index in [4.69, 9.17) is 16.6 Å². The van der Waals surface area contributed by atoms with Crippen molar-refractivity contribution < 1.29 is 4.79 Å². The molecule has 0 bridgehead atoms. The summed E-state index contributed by atoms with van der Waals surface area (Å²) in [7, 11) is 0. The van der Waals surface area contributed by atoms with E-state index >= 15 is 0 Å². The second kappa shape index (κ2) is 11.8. The minimum absolute atomic E-state index is 0.163. The van der Waals surface area contributed by atoms with Crippen molar-refractivity contribution in [2.75, 3.05) is 37.6 Å². The van der Waals surface area contributed by atoms with Crippen molar-refractivity contribution in [2.24, 2.45) is 0 Å². The standard InChI is InChI=1S/C32H38ClN5O/c1-21(2)24-6-5-7-25(18-24)28-19-36-31-27(12-13-34-31)30(28)37-14-16-38(17-15-37)32(39)29(20-35-22(3)4)23-8-10-26(33)11-9-23/h5-13,18-19,21-22,29,35H,14-17,20H2,1-4H3,(H,34,36). The van der Waals surface area contributed by atoms with Crippen molar-refractivity contribution in [3.05, 3.63) is 83.1 Å². The van der Waals surface area contributed by atoms with Crippen molar-refractivity contribution >= 4 is 34.2 Å². The van der Waals surface area contributed by atoms with Crippen LogP contribution in [-0.2, 0) is 4.79 Å². The lowest BCUT2D eigenvalue weighted by atomic mass is 9.95. The number of H-pyrrole nitrogens is 1. The molecule has 1 fully saturated rings. The van der Waals surface area contributed by atoms with Gasteiger partial charge in [-0.2, -0.15) is 0 Å². The smallest absolute Gasteiger partial charge is 0.231 e. The molecule has 1 amide bonds. The molecule has 204 valence electrons. The topological polar surface area (TPSA) is 64.3 Å². The molecule has 1 atom stereocenters. The second-order valence-corrected chi connectivity index (χ2v) is 11.5. The molecule has 1 unspecified atom stereocenters. The molecule has 1 aliphatic rings. The minimum atomic E-state index is -0.247. The van der Waals surface area contributed by atoms with Gasteiger partial charge in [0.25, 0.3) is 0 Å². The third kappa shape index (κ3) is 5.97. The van der Waals surface area contributed by atoms with Gasteiger partial charge in [0, 0.05) is 67.1 Å². The molecule has 6 nitrogen and oxygen atoms in total. The first-order valence-electron chi connectivity index (χ1n) is 13.9. The number of hydrogen-bond donors (Lipinski definition) is 2. The van der Waals surface area contributed by atoms with Crippen molar-refractivity contribution in [1.29, 1.82) is 0 Å². The first kappa shape index (κ1) is 27.2. The van der Waals surface area contributed by atoms with Crippen LogP contribution in [0.3, 0.4) is 0 Å². The van der Waals surface area contributed by atoms with Gasteiger partial charge in [-0.15, -0.1) is 0 Å². The number of aromatic nitrogens is 2. The van der Waals surface area contributed by atoms with Gasteiger partial charge in [0.2, 0.25) is 5.91 Å². The third-order valence-corrected chi connectivity index (χ3v) is 7.88.